The third-order valence-electron chi connectivity index (χ3n) is 2.76. The summed E-state index contributed by atoms with van der Waals surface area (Å²) in [5.74, 6) is 0.916. The average Bonchev–Trinajstić information content (AvgIpc) is 2.40. The molecule has 1 aromatic heterocycles. The molecule has 1 aromatic rings. The van der Waals surface area contributed by atoms with E-state index in [1.54, 1.807) is 18.1 Å². The standard InChI is InChI=1S/C12H18N4S/c1-17-12-8-11(15-9-16-12)14-7-4-10-2-5-13-6-3-10/h2,8-9,13H,3-7H2,1H3,(H,14,15,16). The fourth-order valence-electron chi connectivity index (χ4n) is 1.80. The summed E-state index contributed by atoms with van der Waals surface area (Å²) in [7, 11) is 0. The predicted octanol–water partition coefficient (Wildman–Crippen LogP) is 1.92. The highest BCUT2D eigenvalue weighted by Crippen LogP contribution is 2.14. The van der Waals surface area contributed by atoms with Crippen LogP contribution in [0.4, 0.5) is 5.82 Å². The quantitative estimate of drug-likeness (QED) is 0.475. The van der Waals surface area contributed by atoms with E-state index in [1.807, 2.05) is 12.3 Å². The molecule has 0 radical (unpaired) electrons. The molecule has 0 atom stereocenters. The highest BCUT2D eigenvalue weighted by atomic mass is 32.2. The topological polar surface area (TPSA) is 49.8 Å². The summed E-state index contributed by atoms with van der Waals surface area (Å²) in [6, 6.07) is 1.99. The molecule has 0 aliphatic carbocycles. The molecule has 17 heavy (non-hydrogen) atoms. The zero-order valence-corrected chi connectivity index (χ0v) is 10.9. The first-order valence-electron chi connectivity index (χ1n) is 5.87. The molecule has 1 aliphatic heterocycles. The van der Waals surface area contributed by atoms with Crippen LogP contribution in [-0.2, 0) is 0 Å². The lowest BCUT2D eigenvalue weighted by molar-refractivity contribution is 0.683. The van der Waals surface area contributed by atoms with E-state index in [2.05, 4.69) is 26.7 Å². The third kappa shape index (κ3) is 4.02. The summed E-state index contributed by atoms with van der Waals surface area (Å²) in [4.78, 5) is 8.35. The van der Waals surface area contributed by atoms with Crippen molar-refractivity contribution in [2.75, 3.05) is 31.2 Å². The average molecular weight is 250 g/mol. The molecule has 2 rings (SSSR count). The van der Waals surface area contributed by atoms with Gasteiger partial charge >= 0.3 is 0 Å². The molecule has 0 spiro atoms. The smallest absolute Gasteiger partial charge is 0.130 e. The summed E-state index contributed by atoms with van der Waals surface area (Å²) in [5, 5.41) is 7.66. The van der Waals surface area contributed by atoms with E-state index in [1.165, 1.54) is 12.0 Å². The van der Waals surface area contributed by atoms with Gasteiger partial charge in [0.15, 0.2) is 0 Å². The van der Waals surface area contributed by atoms with Crippen molar-refractivity contribution in [1.82, 2.24) is 15.3 Å². The van der Waals surface area contributed by atoms with E-state index in [9.17, 15) is 0 Å². The van der Waals surface area contributed by atoms with Gasteiger partial charge < -0.3 is 10.6 Å². The maximum Gasteiger partial charge on any atom is 0.130 e. The number of nitrogens with one attached hydrogen (secondary N) is 2. The van der Waals surface area contributed by atoms with Gasteiger partial charge in [0.25, 0.3) is 0 Å². The first-order valence-corrected chi connectivity index (χ1v) is 7.09. The Hall–Kier alpha value is -1.07. The van der Waals surface area contributed by atoms with Crippen LogP contribution in [0.5, 0.6) is 0 Å². The molecule has 92 valence electrons. The van der Waals surface area contributed by atoms with Gasteiger partial charge in [-0.15, -0.1) is 11.8 Å². The van der Waals surface area contributed by atoms with Crippen LogP contribution in [0, 0.1) is 0 Å². The van der Waals surface area contributed by atoms with Crippen LogP contribution in [-0.4, -0.2) is 35.9 Å². The Morgan fingerprint density at radius 2 is 2.41 bits per heavy atom. The molecule has 1 aliphatic rings. The maximum atomic E-state index is 4.20. The molecule has 0 bridgehead atoms. The molecule has 0 unspecified atom stereocenters. The van der Waals surface area contributed by atoms with E-state index in [4.69, 9.17) is 0 Å². The number of rotatable bonds is 5. The minimum atomic E-state index is 0.916. The Morgan fingerprint density at radius 1 is 1.47 bits per heavy atom. The van der Waals surface area contributed by atoms with Gasteiger partial charge in [-0.3, -0.25) is 0 Å². The second kappa shape index (κ2) is 6.61. The van der Waals surface area contributed by atoms with Crippen molar-refractivity contribution in [1.29, 1.82) is 0 Å². The van der Waals surface area contributed by atoms with Crippen molar-refractivity contribution in [3.63, 3.8) is 0 Å². The maximum absolute atomic E-state index is 4.20. The molecule has 2 N–H and O–H groups in total. The van der Waals surface area contributed by atoms with Crippen LogP contribution < -0.4 is 10.6 Å². The van der Waals surface area contributed by atoms with Gasteiger partial charge in [0, 0.05) is 19.2 Å². The minimum absolute atomic E-state index is 0.916. The Balaban J connectivity index is 1.79. The lowest BCUT2D eigenvalue weighted by atomic mass is 10.1. The Bertz CT molecular complexity index is 392. The number of hydrogen-bond donors (Lipinski definition) is 2. The molecule has 0 fully saturated rings. The molecule has 0 amide bonds. The lowest BCUT2D eigenvalue weighted by Crippen LogP contribution is -2.21. The highest BCUT2D eigenvalue weighted by molar-refractivity contribution is 7.98. The Kier molecular flexibility index (Phi) is 4.82. The zero-order chi connectivity index (χ0) is 11.9. The number of aromatic nitrogens is 2. The van der Waals surface area contributed by atoms with Crippen LogP contribution in [0.15, 0.2) is 29.1 Å². The normalized spacial score (nSPS) is 15.5. The van der Waals surface area contributed by atoms with E-state index in [0.717, 1.165) is 36.9 Å². The Morgan fingerprint density at radius 3 is 3.18 bits per heavy atom. The van der Waals surface area contributed by atoms with E-state index in [0.29, 0.717) is 0 Å². The summed E-state index contributed by atoms with van der Waals surface area (Å²) < 4.78 is 0. The molecule has 4 nitrogen and oxygen atoms in total. The van der Waals surface area contributed by atoms with E-state index < -0.39 is 0 Å². The largest absolute Gasteiger partial charge is 0.370 e. The molecule has 5 heteroatoms. The number of nitrogens with zero attached hydrogens (tertiary/aromatic N) is 2. The third-order valence-corrected chi connectivity index (χ3v) is 3.40. The van der Waals surface area contributed by atoms with Gasteiger partial charge in [-0.05, 0) is 25.6 Å². The van der Waals surface area contributed by atoms with Crippen molar-refractivity contribution in [3.05, 3.63) is 24.0 Å². The van der Waals surface area contributed by atoms with Crippen LogP contribution in [0.3, 0.4) is 0 Å². The molecular weight excluding hydrogens is 232 g/mol. The fourth-order valence-corrected chi connectivity index (χ4v) is 2.18. The fraction of sp³-hybridized carbons (Fsp3) is 0.500. The summed E-state index contributed by atoms with van der Waals surface area (Å²) >= 11 is 1.63. The SMILES string of the molecule is CSc1cc(NCCC2=CCNCC2)ncn1. The highest BCUT2D eigenvalue weighted by Gasteiger charge is 2.03. The van der Waals surface area contributed by atoms with Crippen molar-refractivity contribution >= 4 is 17.6 Å². The predicted molar refractivity (Wildman–Crippen MR) is 72.5 cm³/mol. The van der Waals surface area contributed by atoms with Gasteiger partial charge in [-0.25, -0.2) is 9.97 Å². The van der Waals surface area contributed by atoms with E-state index >= 15 is 0 Å². The van der Waals surface area contributed by atoms with Crippen LogP contribution in [0.1, 0.15) is 12.8 Å². The van der Waals surface area contributed by atoms with E-state index in [-0.39, 0.29) is 0 Å². The summed E-state index contributed by atoms with van der Waals surface area (Å²) in [6.45, 7) is 3.06. The number of thioether (sulfide) groups is 1. The van der Waals surface area contributed by atoms with Gasteiger partial charge in [0.05, 0.1) is 0 Å². The zero-order valence-electron chi connectivity index (χ0n) is 10.1. The second-order valence-electron chi connectivity index (χ2n) is 3.94. The summed E-state index contributed by atoms with van der Waals surface area (Å²) in [6.07, 6.45) is 8.18. The van der Waals surface area contributed by atoms with Gasteiger partial charge in [-0.2, -0.15) is 0 Å². The number of anilines is 1. The Labute approximate surface area is 106 Å². The lowest BCUT2D eigenvalue weighted by Gasteiger charge is -2.14. The van der Waals surface area contributed by atoms with Crippen molar-refractivity contribution in [2.24, 2.45) is 0 Å². The van der Waals surface area contributed by atoms with Crippen LogP contribution in [0.2, 0.25) is 0 Å². The van der Waals surface area contributed by atoms with Crippen molar-refractivity contribution in [3.8, 4) is 0 Å². The molecule has 0 saturated carbocycles. The van der Waals surface area contributed by atoms with Crippen LogP contribution >= 0.6 is 11.8 Å². The second-order valence-corrected chi connectivity index (χ2v) is 4.77. The van der Waals surface area contributed by atoms with Crippen LogP contribution in [0.25, 0.3) is 0 Å². The van der Waals surface area contributed by atoms with Crippen molar-refractivity contribution in [2.45, 2.75) is 17.9 Å². The first-order chi connectivity index (χ1) is 8.38. The van der Waals surface area contributed by atoms with Gasteiger partial charge in [0.1, 0.15) is 17.2 Å². The minimum Gasteiger partial charge on any atom is -0.370 e. The molecule has 0 saturated heterocycles. The van der Waals surface area contributed by atoms with Gasteiger partial charge in [0.2, 0.25) is 0 Å². The monoisotopic (exact) mass is 250 g/mol. The molecule has 0 aromatic carbocycles. The molecular formula is C12H18N4S. The number of hydrogen-bond acceptors (Lipinski definition) is 5. The van der Waals surface area contributed by atoms with Crippen molar-refractivity contribution < 1.29 is 0 Å². The summed E-state index contributed by atoms with van der Waals surface area (Å²) in [5.41, 5.74) is 1.54. The van der Waals surface area contributed by atoms with Gasteiger partial charge in [-0.1, -0.05) is 11.6 Å². The molecule has 2 heterocycles. The first kappa shape index (κ1) is 12.4.